The lowest BCUT2D eigenvalue weighted by atomic mass is 10.2. The highest BCUT2D eigenvalue weighted by Gasteiger charge is 2.03. The first-order valence-electron chi connectivity index (χ1n) is 6.35. The summed E-state index contributed by atoms with van der Waals surface area (Å²) in [6.45, 7) is 2.79. The van der Waals surface area contributed by atoms with E-state index >= 15 is 0 Å². The lowest BCUT2D eigenvalue weighted by Crippen LogP contribution is -2.00. The third-order valence-electron chi connectivity index (χ3n) is 3.11. The fourth-order valence-electron chi connectivity index (χ4n) is 2.01. The van der Waals surface area contributed by atoms with E-state index in [2.05, 4.69) is 33.4 Å². The molecule has 2 aromatic carbocycles. The molecule has 4 heteroatoms. The zero-order valence-corrected chi connectivity index (χ0v) is 13.5. The van der Waals surface area contributed by atoms with Crippen molar-refractivity contribution in [3.63, 3.8) is 0 Å². The van der Waals surface area contributed by atoms with Gasteiger partial charge in [-0.2, -0.15) is 0 Å². The fraction of sp³-hybridized carbons (Fsp3) is 0.250. The Kier molecular flexibility index (Phi) is 4.90. The molecule has 0 unspecified atom stereocenters. The molecule has 0 atom stereocenters. The highest BCUT2D eigenvalue weighted by molar-refractivity contribution is 9.10. The number of ether oxygens (including phenoxy) is 2. The second-order valence-corrected chi connectivity index (χ2v) is 5.36. The maximum absolute atomic E-state index is 5.26. The summed E-state index contributed by atoms with van der Waals surface area (Å²) < 4.78 is 11.4. The molecule has 0 saturated heterocycles. The first-order chi connectivity index (χ1) is 9.63. The van der Waals surface area contributed by atoms with Crippen molar-refractivity contribution in [3.05, 3.63) is 52.0 Å². The van der Waals surface area contributed by atoms with Crippen LogP contribution < -0.4 is 14.8 Å². The summed E-state index contributed by atoms with van der Waals surface area (Å²) in [4.78, 5) is 0. The topological polar surface area (TPSA) is 30.5 Å². The Balaban J connectivity index is 2.05. The van der Waals surface area contributed by atoms with Gasteiger partial charge < -0.3 is 14.8 Å². The van der Waals surface area contributed by atoms with Crippen LogP contribution in [0.5, 0.6) is 11.5 Å². The lowest BCUT2D eigenvalue weighted by molar-refractivity contribution is 0.411. The molecule has 0 saturated carbocycles. The van der Waals surface area contributed by atoms with Gasteiger partial charge in [0.1, 0.15) is 11.5 Å². The average molecular weight is 336 g/mol. The van der Waals surface area contributed by atoms with Gasteiger partial charge in [0.2, 0.25) is 0 Å². The Labute approximate surface area is 128 Å². The van der Waals surface area contributed by atoms with E-state index in [1.54, 1.807) is 14.2 Å². The van der Waals surface area contributed by atoms with Crippen LogP contribution in [0.4, 0.5) is 5.69 Å². The van der Waals surface area contributed by atoms with Gasteiger partial charge in [-0.25, -0.2) is 0 Å². The smallest absolute Gasteiger partial charge is 0.133 e. The van der Waals surface area contributed by atoms with E-state index in [-0.39, 0.29) is 0 Å². The minimum absolute atomic E-state index is 0.758. The van der Waals surface area contributed by atoms with Gasteiger partial charge in [0.05, 0.1) is 18.7 Å². The minimum atomic E-state index is 0.758. The van der Waals surface area contributed by atoms with Crippen molar-refractivity contribution in [3.8, 4) is 11.5 Å². The van der Waals surface area contributed by atoms with Gasteiger partial charge in [0.25, 0.3) is 0 Å². The van der Waals surface area contributed by atoms with Gasteiger partial charge in [-0.1, -0.05) is 6.07 Å². The summed E-state index contributed by atoms with van der Waals surface area (Å²) in [6.07, 6.45) is 0. The SMILES string of the molecule is COc1ccc(NCc2ccc(OC)c(Br)c2)cc1C. The number of hydrogen-bond acceptors (Lipinski definition) is 3. The minimum Gasteiger partial charge on any atom is -0.496 e. The van der Waals surface area contributed by atoms with Gasteiger partial charge in [0.15, 0.2) is 0 Å². The number of aryl methyl sites for hydroxylation is 1. The van der Waals surface area contributed by atoms with Crippen molar-refractivity contribution < 1.29 is 9.47 Å². The Hall–Kier alpha value is -1.68. The van der Waals surface area contributed by atoms with E-state index in [1.165, 1.54) is 5.56 Å². The Morgan fingerprint density at radius 1 is 1.00 bits per heavy atom. The van der Waals surface area contributed by atoms with Crippen LogP contribution in [0.2, 0.25) is 0 Å². The van der Waals surface area contributed by atoms with Crippen molar-refractivity contribution >= 4 is 21.6 Å². The number of benzene rings is 2. The molecule has 0 amide bonds. The molecule has 0 radical (unpaired) electrons. The fourth-order valence-corrected chi connectivity index (χ4v) is 2.60. The van der Waals surface area contributed by atoms with Crippen LogP contribution in [-0.4, -0.2) is 14.2 Å². The van der Waals surface area contributed by atoms with Crippen LogP contribution >= 0.6 is 15.9 Å². The van der Waals surface area contributed by atoms with Crippen LogP contribution in [0.3, 0.4) is 0 Å². The number of nitrogens with one attached hydrogen (secondary N) is 1. The number of methoxy groups -OCH3 is 2. The van der Waals surface area contributed by atoms with Crippen LogP contribution in [-0.2, 0) is 6.54 Å². The van der Waals surface area contributed by atoms with Crippen molar-refractivity contribution in [2.75, 3.05) is 19.5 Å². The molecule has 0 bridgehead atoms. The molecule has 0 fully saturated rings. The molecule has 0 aromatic heterocycles. The summed E-state index contributed by atoms with van der Waals surface area (Å²) in [5.41, 5.74) is 3.38. The van der Waals surface area contributed by atoms with Crippen molar-refractivity contribution in [1.82, 2.24) is 0 Å². The summed E-state index contributed by atoms with van der Waals surface area (Å²) in [5.74, 6) is 1.75. The molecule has 2 rings (SSSR count). The van der Waals surface area contributed by atoms with E-state index < -0.39 is 0 Å². The van der Waals surface area contributed by atoms with Gasteiger partial charge in [-0.3, -0.25) is 0 Å². The van der Waals surface area contributed by atoms with Crippen LogP contribution in [0.15, 0.2) is 40.9 Å². The molecular formula is C16H18BrNO2. The Morgan fingerprint density at radius 2 is 1.70 bits per heavy atom. The zero-order valence-electron chi connectivity index (χ0n) is 11.9. The van der Waals surface area contributed by atoms with E-state index in [0.29, 0.717) is 0 Å². The second kappa shape index (κ2) is 6.66. The quantitative estimate of drug-likeness (QED) is 0.879. The third kappa shape index (κ3) is 3.45. The molecule has 106 valence electrons. The predicted octanol–water partition coefficient (Wildman–Crippen LogP) is 4.39. The second-order valence-electron chi connectivity index (χ2n) is 4.51. The van der Waals surface area contributed by atoms with Crippen molar-refractivity contribution in [1.29, 1.82) is 0 Å². The monoisotopic (exact) mass is 335 g/mol. The first kappa shape index (κ1) is 14.7. The highest BCUT2D eigenvalue weighted by Crippen LogP contribution is 2.26. The van der Waals surface area contributed by atoms with Gasteiger partial charge in [-0.15, -0.1) is 0 Å². The maximum atomic E-state index is 5.26. The van der Waals surface area contributed by atoms with Crippen LogP contribution in [0.25, 0.3) is 0 Å². The average Bonchev–Trinajstić information content (AvgIpc) is 2.45. The van der Waals surface area contributed by atoms with E-state index in [4.69, 9.17) is 9.47 Å². The first-order valence-corrected chi connectivity index (χ1v) is 7.14. The number of halogens is 1. The lowest BCUT2D eigenvalue weighted by Gasteiger charge is -2.11. The maximum Gasteiger partial charge on any atom is 0.133 e. The van der Waals surface area contributed by atoms with Crippen molar-refractivity contribution in [2.24, 2.45) is 0 Å². The number of anilines is 1. The standard InChI is InChI=1S/C16H18BrNO2/c1-11-8-13(5-7-15(11)19-2)18-10-12-4-6-16(20-3)14(17)9-12/h4-9,18H,10H2,1-3H3. The molecule has 3 nitrogen and oxygen atoms in total. The summed E-state index contributed by atoms with van der Waals surface area (Å²) in [6, 6.07) is 12.1. The molecule has 0 aliphatic heterocycles. The van der Waals surface area contributed by atoms with Crippen LogP contribution in [0.1, 0.15) is 11.1 Å². The number of hydrogen-bond donors (Lipinski definition) is 1. The zero-order chi connectivity index (χ0) is 14.5. The summed E-state index contributed by atoms with van der Waals surface area (Å²) >= 11 is 3.49. The molecule has 0 aliphatic carbocycles. The highest BCUT2D eigenvalue weighted by atomic mass is 79.9. The molecule has 2 aromatic rings. The molecule has 0 heterocycles. The van der Waals surface area contributed by atoms with Gasteiger partial charge in [0, 0.05) is 12.2 Å². The molecule has 0 aliphatic rings. The molecule has 0 spiro atoms. The molecule has 20 heavy (non-hydrogen) atoms. The molecular weight excluding hydrogens is 318 g/mol. The number of rotatable bonds is 5. The van der Waals surface area contributed by atoms with Crippen molar-refractivity contribution in [2.45, 2.75) is 13.5 Å². The van der Waals surface area contributed by atoms with E-state index in [1.807, 2.05) is 31.2 Å². The third-order valence-corrected chi connectivity index (χ3v) is 3.73. The summed E-state index contributed by atoms with van der Waals surface area (Å²) in [5, 5.41) is 3.40. The molecule has 1 N–H and O–H groups in total. The van der Waals surface area contributed by atoms with Crippen LogP contribution in [0, 0.1) is 6.92 Å². The predicted molar refractivity (Wildman–Crippen MR) is 85.8 cm³/mol. The Morgan fingerprint density at radius 3 is 2.30 bits per heavy atom. The largest absolute Gasteiger partial charge is 0.496 e. The van der Waals surface area contributed by atoms with Gasteiger partial charge in [-0.05, 0) is 64.3 Å². The van der Waals surface area contributed by atoms with Gasteiger partial charge >= 0.3 is 0 Å². The normalized spacial score (nSPS) is 10.2. The van der Waals surface area contributed by atoms with E-state index in [9.17, 15) is 0 Å². The van der Waals surface area contributed by atoms with E-state index in [0.717, 1.165) is 33.8 Å². The summed E-state index contributed by atoms with van der Waals surface area (Å²) in [7, 11) is 3.35. The Bertz CT molecular complexity index is 546.